The summed E-state index contributed by atoms with van der Waals surface area (Å²) in [5.41, 5.74) is 12.1. The number of aromatic amines is 1. The smallest absolute Gasteiger partial charge is 0.328 e. The summed E-state index contributed by atoms with van der Waals surface area (Å²) in [5.74, 6) is 0.229. The summed E-state index contributed by atoms with van der Waals surface area (Å²) in [6.07, 6.45) is 5.20. The Hall–Kier alpha value is -2.91. The van der Waals surface area contributed by atoms with E-state index in [1.54, 1.807) is 11.7 Å². The SMILES string of the molecule is COCCN1CCc2c3cc(cc2C1)Cn1c(=O)[nH]c2c(N)nc(nc21)OCCCCC3. The Morgan fingerprint density at radius 3 is 2.91 bits per heavy atom. The number of aryl methyl sites for hydroxylation is 1. The Morgan fingerprint density at radius 1 is 1.16 bits per heavy atom. The molecule has 0 spiro atoms. The monoisotopic (exact) mass is 438 g/mol. The van der Waals surface area contributed by atoms with Crippen molar-refractivity contribution in [3.63, 3.8) is 0 Å². The first kappa shape index (κ1) is 21.0. The van der Waals surface area contributed by atoms with E-state index in [1.165, 1.54) is 16.7 Å². The molecule has 0 saturated carbocycles. The van der Waals surface area contributed by atoms with Gasteiger partial charge in [-0.05, 0) is 54.4 Å². The highest BCUT2D eigenvalue weighted by Gasteiger charge is 2.21. The van der Waals surface area contributed by atoms with Gasteiger partial charge in [-0.15, -0.1) is 0 Å². The number of anilines is 1. The third-order valence-corrected chi connectivity index (χ3v) is 6.47. The normalized spacial score (nSPS) is 17.2. The van der Waals surface area contributed by atoms with Crippen molar-refractivity contribution < 1.29 is 9.47 Å². The molecule has 0 fully saturated rings. The average molecular weight is 439 g/mol. The highest BCUT2D eigenvalue weighted by Crippen LogP contribution is 2.27. The number of rotatable bonds is 3. The molecule has 32 heavy (non-hydrogen) atoms. The molecule has 0 atom stereocenters. The van der Waals surface area contributed by atoms with E-state index in [9.17, 15) is 4.79 Å². The van der Waals surface area contributed by atoms with Crippen molar-refractivity contribution in [3.05, 3.63) is 44.9 Å². The molecule has 0 aliphatic carbocycles. The van der Waals surface area contributed by atoms with Crippen LogP contribution in [0.2, 0.25) is 0 Å². The van der Waals surface area contributed by atoms with Crippen LogP contribution in [-0.2, 0) is 30.7 Å². The van der Waals surface area contributed by atoms with Crippen LogP contribution < -0.4 is 16.2 Å². The molecular formula is C23H30N6O3. The average Bonchev–Trinajstić information content (AvgIpc) is 3.09. The summed E-state index contributed by atoms with van der Waals surface area (Å²) in [7, 11) is 1.74. The van der Waals surface area contributed by atoms with Crippen LogP contribution in [0.4, 0.5) is 5.82 Å². The van der Waals surface area contributed by atoms with Crippen molar-refractivity contribution in [1.29, 1.82) is 0 Å². The van der Waals surface area contributed by atoms with E-state index in [-0.39, 0.29) is 17.5 Å². The molecule has 2 aliphatic heterocycles. The molecule has 9 nitrogen and oxygen atoms in total. The molecule has 0 radical (unpaired) electrons. The van der Waals surface area contributed by atoms with E-state index >= 15 is 0 Å². The molecule has 170 valence electrons. The van der Waals surface area contributed by atoms with Gasteiger partial charge in [0.1, 0.15) is 5.52 Å². The summed E-state index contributed by atoms with van der Waals surface area (Å²) >= 11 is 0. The van der Waals surface area contributed by atoms with Crippen LogP contribution in [0, 0.1) is 0 Å². The lowest BCUT2D eigenvalue weighted by atomic mass is 9.89. The highest BCUT2D eigenvalue weighted by molar-refractivity contribution is 5.81. The fourth-order valence-corrected chi connectivity index (χ4v) is 4.83. The van der Waals surface area contributed by atoms with Crippen molar-refractivity contribution in [2.75, 3.05) is 39.1 Å². The van der Waals surface area contributed by atoms with Crippen LogP contribution in [0.25, 0.3) is 11.2 Å². The lowest BCUT2D eigenvalue weighted by Crippen LogP contribution is -2.34. The Bertz CT molecular complexity index is 1180. The predicted octanol–water partition coefficient (Wildman–Crippen LogP) is 1.86. The van der Waals surface area contributed by atoms with Gasteiger partial charge in [0.25, 0.3) is 0 Å². The van der Waals surface area contributed by atoms with Gasteiger partial charge >= 0.3 is 11.7 Å². The second kappa shape index (κ2) is 8.91. The maximum Gasteiger partial charge on any atom is 0.328 e. The zero-order valence-corrected chi connectivity index (χ0v) is 18.5. The van der Waals surface area contributed by atoms with E-state index < -0.39 is 0 Å². The molecule has 2 aliphatic rings. The van der Waals surface area contributed by atoms with E-state index in [4.69, 9.17) is 15.2 Å². The maximum absolute atomic E-state index is 12.8. The number of hydrogen-bond donors (Lipinski definition) is 2. The van der Waals surface area contributed by atoms with Crippen molar-refractivity contribution in [3.8, 4) is 6.01 Å². The minimum absolute atomic E-state index is 0.222. The lowest BCUT2D eigenvalue weighted by molar-refractivity contribution is 0.140. The van der Waals surface area contributed by atoms with Gasteiger partial charge in [-0.1, -0.05) is 12.1 Å². The summed E-state index contributed by atoms with van der Waals surface area (Å²) in [5, 5.41) is 0. The van der Waals surface area contributed by atoms with Crippen molar-refractivity contribution in [2.45, 2.75) is 45.2 Å². The largest absolute Gasteiger partial charge is 0.463 e. The summed E-state index contributed by atoms with van der Waals surface area (Å²) < 4.78 is 12.6. The second-order valence-corrected chi connectivity index (χ2v) is 8.68. The fourth-order valence-electron chi connectivity index (χ4n) is 4.83. The Balaban J connectivity index is 1.57. The van der Waals surface area contributed by atoms with Crippen molar-refractivity contribution in [2.24, 2.45) is 0 Å². The third kappa shape index (κ3) is 4.10. The zero-order chi connectivity index (χ0) is 22.1. The van der Waals surface area contributed by atoms with E-state index in [0.717, 1.165) is 63.9 Å². The first-order chi connectivity index (χ1) is 15.6. The lowest BCUT2D eigenvalue weighted by Gasteiger charge is -2.30. The van der Waals surface area contributed by atoms with Crippen LogP contribution in [0.3, 0.4) is 0 Å². The number of imidazole rings is 1. The number of methoxy groups -OCH3 is 1. The maximum atomic E-state index is 12.8. The summed E-state index contributed by atoms with van der Waals surface area (Å²) in [6, 6.07) is 4.75. The number of nitrogen functional groups attached to an aromatic ring is 1. The molecule has 5 rings (SSSR count). The molecule has 3 aromatic rings. The molecule has 9 heteroatoms. The number of hydrogen-bond acceptors (Lipinski definition) is 7. The molecule has 0 amide bonds. The topological polar surface area (TPSA) is 111 Å². The molecule has 3 N–H and O–H groups in total. The van der Waals surface area contributed by atoms with Gasteiger partial charge in [-0.25, -0.2) is 4.79 Å². The van der Waals surface area contributed by atoms with Gasteiger partial charge in [0.2, 0.25) is 0 Å². The molecule has 4 bridgehead atoms. The number of H-pyrrole nitrogens is 1. The summed E-state index contributed by atoms with van der Waals surface area (Å²) in [4.78, 5) is 26.7. The number of nitrogens with one attached hydrogen (secondary N) is 1. The van der Waals surface area contributed by atoms with E-state index in [2.05, 4.69) is 32.0 Å². The molecule has 4 heterocycles. The number of ether oxygens (including phenoxy) is 2. The van der Waals surface area contributed by atoms with Gasteiger partial charge in [0.15, 0.2) is 11.5 Å². The van der Waals surface area contributed by atoms with E-state index in [1.807, 2.05) is 0 Å². The Morgan fingerprint density at radius 2 is 2.03 bits per heavy atom. The van der Waals surface area contributed by atoms with Crippen LogP contribution in [-0.4, -0.2) is 57.8 Å². The second-order valence-electron chi connectivity index (χ2n) is 8.68. The first-order valence-electron chi connectivity index (χ1n) is 11.4. The molecule has 1 aromatic carbocycles. The highest BCUT2D eigenvalue weighted by atomic mass is 16.5. The Labute approximate surface area is 186 Å². The number of nitrogens with zero attached hydrogens (tertiary/aromatic N) is 4. The number of fused-ring (bicyclic) bond motifs is 5. The number of nitrogens with two attached hydrogens (primary N) is 1. The molecule has 0 unspecified atom stereocenters. The van der Waals surface area contributed by atoms with Gasteiger partial charge in [0.05, 0.1) is 19.8 Å². The van der Waals surface area contributed by atoms with E-state index in [0.29, 0.717) is 24.3 Å². The van der Waals surface area contributed by atoms with Crippen LogP contribution in [0.5, 0.6) is 6.01 Å². The predicted molar refractivity (Wildman–Crippen MR) is 122 cm³/mol. The quantitative estimate of drug-likeness (QED) is 0.642. The van der Waals surface area contributed by atoms with Gasteiger partial charge < -0.3 is 20.2 Å². The molecule has 0 saturated heterocycles. The number of aromatic nitrogens is 4. The third-order valence-electron chi connectivity index (χ3n) is 6.47. The van der Waals surface area contributed by atoms with Gasteiger partial charge in [-0.2, -0.15) is 9.97 Å². The van der Waals surface area contributed by atoms with Gasteiger partial charge in [-0.3, -0.25) is 9.47 Å². The zero-order valence-electron chi connectivity index (χ0n) is 18.5. The molecular weight excluding hydrogens is 408 g/mol. The minimum atomic E-state index is -0.244. The minimum Gasteiger partial charge on any atom is -0.463 e. The van der Waals surface area contributed by atoms with Crippen LogP contribution in [0.15, 0.2) is 16.9 Å². The van der Waals surface area contributed by atoms with Crippen molar-refractivity contribution >= 4 is 17.0 Å². The molecule has 2 aromatic heterocycles. The summed E-state index contributed by atoms with van der Waals surface area (Å²) in [6.45, 7) is 4.58. The Kier molecular flexibility index (Phi) is 5.84. The van der Waals surface area contributed by atoms with Crippen LogP contribution >= 0.6 is 0 Å². The van der Waals surface area contributed by atoms with Crippen LogP contribution in [0.1, 0.15) is 41.5 Å². The van der Waals surface area contributed by atoms with Gasteiger partial charge in [0, 0.05) is 26.7 Å². The van der Waals surface area contributed by atoms with Crippen molar-refractivity contribution in [1.82, 2.24) is 24.4 Å². The number of benzene rings is 1. The standard InChI is InChI=1S/C23H30N6O3/c1-31-10-8-28-7-6-18-16-5-3-2-4-9-32-22-26-20(24)19-21(27-22)29(23(30)25-19)13-15(11-16)12-17(18)14-28/h11-12H,2-10,13-14H2,1H3,(H,25,30)(H2,24,26,27). The fraction of sp³-hybridized carbons (Fsp3) is 0.522. The first-order valence-corrected chi connectivity index (χ1v) is 11.4.